The summed E-state index contributed by atoms with van der Waals surface area (Å²) in [6.07, 6.45) is 0. The Bertz CT molecular complexity index is 1150. The lowest BCUT2D eigenvalue weighted by Crippen LogP contribution is -2.13. The van der Waals surface area contributed by atoms with Crippen molar-refractivity contribution in [3.05, 3.63) is 83.2 Å². The molecule has 4 aromatic rings. The van der Waals surface area contributed by atoms with Gasteiger partial charge in [-0.15, -0.1) is 0 Å². The summed E-state index contributed by atoms with van der Waals surface area (Å²) in [5.74, 6) is -0.217. The van der Waals surface area contributed by atoms with Crippen LogP contribution in [-0.4, -0.2) is 16.0 Å². The first-order valence-corrected chi connectivity index (χ1v) is 9.48. The normalized spacial score (nSPS) is 12.0. The summed E-state index contributed by atoms with van der Waals surface area (Å²) in [6, 6.07) is 19.8. The van der Waals surface area contributed by atoms with Crippen molar-refractivity contribution < 1.29 is 9.32 Å². The zero-order chi connectivity index (χ0) is 20.4. The molecule has 2 aromatic carbocycles. The van der Waals surface area contributed by atoms with Gasteiger partial charge in [-0.3, -0.25) is 4.79 Å². The summed E-state index contributed by atoms with van der Waals surface area (Å²) in [5, 5.41) is 11.0. The molecule has 1 amide bonds. The third-order valence-electron chi connectivity index (χ3n) is 4.82. The molecule has 2 aromatic heterocycles. The van der Waals surface area contributed by atoms with E-state index in [1.807, 2.05) is 49.4 Å². The summed E-state index contributed by atoms with van der Waals surface area (Å²) in [5.41, 5.74) is 5.14. The molecule has 1 atom stereocenters. The highest BCUT2D eigenvalue weighted by molar-refractivity contribution is 6.12. The Balaban J connectivity index is 1.49. The van der Waals surface area contributed by atoms with Gasteiger partial charge in [-0.2, -0.15) is 0 Å². The van der Waals surface area contributed by atoms with Gasteiger partial charge >= 0.3 is 0 Å². The van der Waals surface area contributed by atoms with Gasteiger partial charge in [0.15, 0.2) is 0 Å². The van der Waals surface area contributed by atoms with Gasteiger partial charge in [0.25, 0.3) is 11.6 Å². The molecular formula is C23H22N4O2. The molecule has 2 heterocycles. The lowest BCUT2D eigenvalue weighted by molar-refractivity contribution is 0.102. The van der Waals surface area contributed by atoms with E-state index in [1.54, 1.807) is 13.0 Å². The van der Waals surface area contributed by atoms with Gasteiger partial charge in [-0.05, 0) is 56.7 Å². The minimum absolute atomic E-state index is 0.182. The molecule has 2 N–H and O–H groups in total. The zero-order valence-corrected chi connectivity index (χ0v) is 16.6. The number of amides is 1. The Kier molecular flexibility index (Phi) is 4.99. The molecule has 0 radical (unpaired) electrons. The molecule has 4 rings (SSSR count). The van der Waals surface area contributed by atoms with E-state index in [0.29, 0.717) is 33.7 Å². The maximum atomic E-state index is 12.9. The van der Waals surface area contributed by atoms with Crippen LogP contribution in [0.25, 0.3) is 11.1 Å². The van der Waals surface area contributed by atoms with E-state index in [0.717, 1.165) is 5.69 Å². The minimum atomic E-state index is -0.217. The predicted molar refractivity (Wildman–Crippen MR) is 114 cm³/mol. The quantitative estimate of drug-likeness (QED) is 0.489. The number of nitrogens with zero attached hydrogens (tertiary/aromatic N) is 2. The van der Waals surface area contributed by atoms with Crippen molar-refractivity contribution in [2.45, 2.75) is 26.8 Å². The number of aromatic nitrogens is 2. The van der Waals surface area contributed by atoms with E-state index in [9.17, 15) is 4.79 Å². The van der Waals surface area contributed by atoms with Crippen LogP contribution in [-0.2, 0) is 0 Å². The second-order valence-electron chi connectivity index (χ2n) is 7.07. The molecule has 0 aliphatic carbocycles. The summed E-state index contributed by atoms with van der Waals surface area (Å²) in [7, 11) is 0. The zero-order valence-electron chi connectivity index (χ0n) is 16.6. The largest absolute Gasteiger partial charge is 0.379 e. The van der Waals surface area contributed by atoms with Gasteiger partial charge in [0.05, 0.1) is 16.6 Å². The third-order valence-corrected chi connectivity index (χ3v) is 4.82. The highest BCUT2D eigenvalue weighted by Gasteiger charge is 2.18. The second kappa shape index (κ2) is 7.75. The standard InChI is InChI=1S/C23H22N4O2/c1-14-13-20(21-16(3)27-29-23(21)24-14)22(28)26-19-11-9-18(10-12-19)25-15(2)17-7-5-4-6-8-17/h4-13,15,25H,1-3H3,(H,26,28). The van der Waals surface area contributed by atoms with Crippen molar-refractivity contribution in [1.82, 2.24) is 10.1 Å². The van der Waals surface area contributed by atoms with Gasteiger partial charge < -0.3 is 15.2 Å². The van der Waals surface area contributed by atoms with E-state index < -0.39 is 0 Å². The van der Waals surface area contributed by atoms with E-state index in [2.05, 4.69) is 39.8 Å². The number of anilines is 2. The van der Waals surface area contributed by atoms with Crippen molar-refractivity contribution in [1.29, 1.82) is 0 Å². The summed E-state index contributed by atoms with van der Waals surface area (Å²) >= 11 is 0. The smallest absolute Gasteiger partial charge is 0.258 e. The lowest BCUT2D eigenvalue weighted by Gasteiger charge is -2.16. The molecule has 1 unspecified atom stereocenters. The first-order valence-electron chi connectivity index (χ1n) is 9.48. The van der Waals surface area contributed by atoms with Crippen LogP contribution in [0.2, 0.25) is 0 Å². The molecule has 146 valence electrons. The molecule has 0 aliphatic heterocycles. The number of benzene rings is 2. The molecule has 29 heavy (non-hydrogen) atoms. The van der Waals surface area contributed by atoms with Crippen molar-refractivity contribution in [3.8, 4) is 0 Å². The van der Waals surface area contributed by atoms with E-state index in [4.69, 9.17) is 4.52 Å². The average Bonchev–Trinajstić information content (AvgIpc) is 3.10. The van der Waals surface area contributed by atoms with Crippen LogP contribution in [0.5, 0.6) is 0 Å². The van der Waals surface area contributed by atoms with Crippen LogP contribution in [0, 0.1) is 13.8 Å². The van der Waals surface area contributed by atoms with Crippen molar-refractivity contribution in [2.24, 2.45) is 0 Å². The maximum absolute atomic E-state index is 12.9. The van der Waals surface area contributed by atoms with Crippen LogP contribution in [0.4, 0.5) is 11.4 Å². The van der Waals surface area contributed by atoms with E-state index >= 15 is 0 Å². The maximum Gasteiger partial charge on any atom is 0.258 e. The van der Waals surface area contributed by atoms with Crippen molar-refractivity contribution in [3.63, 3.8) is 0 Å². The number of carbonyl (C=O) groups excluding carboxylic acids is 1. The van der Waals surface area contributed by atoms with Gasteiger partial charge in [0, 0.05) is 23.1 Å². The number of aryl methyl sites for hydroxylation is 2. The van der Waals surface area contributed by atoms with Crippen LogP contribution in [0.3, 0.4) is 0 Å². The van der Waals surface area contributed by atoms with Crippen LogP contribution < -0.4 is 10.6 Å². The van der Waals surface area contributed by atoms with E-state index in [1.165, 1.54) is 5.56 Å². The van der Waals surface area contributed by atoms with E-state index in [-0.39, 0.29) is 11.9 Å². The number of nitrogens with one attached hydrogen (secondary N) is 2. The molecule has 0 bridgehead atoms. The molecular weight excluding hydrogens is 364 g/mol. The summed E-state index contributed by atoms with van der Waals surface area (Å²) in [6.45, 7) is 5.74. The minimum Gasteiger partial charge on any atom is -0.379 e. The van der Waals surface area contributed by atoms with Gasteiger partial charge in [-0.1, -0.05) is 35.5 Å². The predicted octanol–water partition coefficient (Wildman–Crippen LogP) is 5.27. The van der Waals surface area contributed by atoms with Crippen molar-refractivity contribution in [2.75, 3.05) is 10.6 Å². The number of hydrogen-bond acceptors (Lipinski definition) is 5. The molecule has 0 saturated carbocycles. The van der Waals surface area contributed by atoms with Gasteiger partial charge in [0.2, 0.25) is 0 Å². The number of hydrogen-bond donors (Lipinski definition) is 2. The topological polar surface area (TPSA) is 80.0 Å². The Morgan fingerprint density at radius 3 is 2.41 bits per heavy atom. The number of rotatable bonds is 5. The fourth-order valence-corrected chi connectivity index (χ4v) is 3.32. The monoisotopic (exact) mass is 386 g/mol. The lowest BCUT2D eigenvalue weighted by atomic mass is 10.1. The van der Waals surface area contributed by atoms with Crippen LogP contribution in [0.15, 0.2) is 65.2 Å². The third kappa shape index (κ3) is 3.96. The van der Waals surface area contributed by atoms with Crippen LogP contribution >= 0.6 is 0 Å². The first kappa shape index (κ1) is 18.7. The molecule has 0 saturated heterocycles. The Morgan fingerprint density at radius 1 is 1.00 bits per heavy atom. The SMILES string of the molecule is Cc1cc(C(=O)Nc2ccc(NC(C)c3ccccc3)cc2)c2c(C)noc2n1. The highest BCUT2D eigenvalue weighted by atomic mass is 16.5. The van der Waals surface area contributed by atoms with Gasteiger partial charge in [0.1, 0.15) is 0 Å². The molecule has 6 heteroatoms. The number of pyridine rings is 1. The molecule has 0 aliphatic rings. The molecule has 6 nitrogen and oxygen atoms in total. The second-order valence-corrected chi connectivity index (χ2v) is 7.07. The Hall–Kier alpha value is -3.67. The first-order chi connectivity index (χ1) is 14.0. The number of carbonyl (C=O) groups is 1. The highest BCUT2D eigenvalue weighted by Crippen LogP contribution is 2.24. The van der Waals surface area contributed by atoms with Gasteiger partial charge in [-0.25, -0.2) is 4.98 Å². The van der Waals surface area contributed by atoms with Crippen molar-refractivity contribution >= 4 is 28.4 Å². The average molecular weight is 386 g/mol. The summed E-state index contributed by atoms with van der Waals surface area (Å²) < 4.78 is 5.21. The molecule has 0 fully saturated rings. The molecule has 0 spiro atoms. The fourth-order valence-electron chi connectivity index (χ4n) is 3.32. The fraction of sp³-hybridized carbons (Fsp3) is 0.174. The van der Waals surface area contributed by atoms with Crippen LogP contribution in [0.1, 0.15) is 40.3 Å². The Morgan fingerprint density at radius 2 is 1.69 bits per heavy atom. The Labute approximate surface area is 168 Å². The number of fused-ring (bicyclic) bond motifs is 1. The summed E-state index contributed by atoms with van der Waals surface area (Å²) in [4.78, 5) is 17.1.